The predicted octanol–water partition coefficient (Wildman–Crippen LogP) is 2.70. The fourth-order valence-electron chi connectivity index (χ4n) is 2.14. The van der Waals surface area contributed by atoms with E-state index < -0.39 is 0 Å². The maximum absolute atomic E-state index is 11.7. The standard InChI is InChI=1S/C12H16N2O3.C9H12.CH5N/c1-10(2)7-13-12(16)11-3-5-14(6-4-11)8-17-9-15;1-2-6-9-7-4-3-5-8-9;1-2/h3-6,9-10H,7-8H2,1-2H3;3-5,7-8H,2,6H2,1H3;2H2,1H3/p+1. The molecule has 28 heavy (non-hydrogen) atoms. The number of ether oxygens (including phenoxy) is 1. The van der Waals surface area contributed by atoms with Crippen LogP contribution in [-0.2, 0) is 22.7 Å². The monoisotopic (exact) mass is 388 g/mol. The summed E-state index contributed by atoms with van der Waals surface area (Å²) in [5, 5.41) is 2.83. The van der Waals surface area contributed by atoms with E-state index in [4.69, 9.17) is 0 Å². The van der Waals surface area contributed by atoms with Crippen molar-refractivity contribution in [3.05, 3.63) is 66.0 Å². The maximum Gasteiger partial charge on any atom is 0.297 e. The second-order valence-corrected chi connectivity index (χ2v) is 6.33. The molecule has 0 aliphatic carbocycles. The number of nitrogens with one attached hydrogen (secondary N) is 1. The van der Waals surface area contributed by atoms with Gasteiger partial charge in [0.1, 0.15) is 0 Å². The lowest BCUT2D eigenvalue weighted by Crippen LogP contribution is -2.35. The number of carbonyl (C=O) groups is 2. The number of nitrogens with two attached hydrogens (primary N) is 1. The number of rotatable bonds is 8. The summed E-state index contributed by atoms with van der Waals surface area (Å²) in [6.07, 6.45) is 5.83. The summed E-state index contributed by atoms with van der Waals surface area (Å²) < 4.78 is 6.24. The van der Waals surface area contributed by atoms with Gasteiger partial charge in [0.05, 0.1) is 5.56 Å². The molecule has 2 rings (SSSR count). The molecule has 0 saturated carbocycles. The minimum atomic E-state index is -0.0952. The van der Waals surface area contributed by atoms with Gasteiger partial charge in [-0.3, -0.25) is 9.59 Å². The number of hydrogen-bond acceptors (Lipinski definition) is 4. The van der Waals surface area contributed by atoms with Crippen LogP contribution < -0.4 is 15.6 Å². The molecule has 3 N–H and O–H groups in total. The van der Waals surface area contributed by atoms with Gasteiger partial charge in [-0.25, -0.2) is 0 Å². The van der Waals surface area contributed by atoms with Gasteiger partial charge < -0.3 is 15.8 Å². The number of carbonyl (C=O) groups excluding carboxylic acids is 2. The Morgan fingerprint density at radius 3 is 2.25 bits per heavy atom. The smallest absolute Gasteiger partial charge is 0.297 e. The van der Waals surface area contributed by atoms with Crippen molar-refractivity contribution in [2.24, 2.45) is 11.7 Å². The third-order valence-electron chi connectivity index (χ3n) is 3.50. The van der Waals surface area contributed by atoms with Crippen LogP contribution >= 0.6 is 0 Å². The molecule has 0 fully saturated rings. The molecule has 0 saturated heterocycles. The number of aromatic nitrogens is 1. The largest absolute Gasteiger partial charge is 0.407 e. The van der Waals surface area contributed by atoms with E-state index in [0.717, 1.165) is 0 Å². The van der Waals surface area contributed by atoms with Crippen LogP contribution in [0.3, 0.4) is 0 Å². The van der Waals surface area contributed by atoms with E-state index in [9.17, 15) is 9.59 Å². The molecule has 1 aromatic heterocycles. The van der Waals surface area contributed by atoms with Crippen molar-refractivity contribution < 1.29 is 18.9 Å². The van der Waals surface area contributed by atoms with Gasteiger partial charge in [0.25, 0.3) is 19.1 Å². The van der Waals surface area contributed by atoms with Gasteiger partial charge in [-0.1, -0.05) is 57.5 Å². The Labute approximate surface area is 168 Å². The van der Waals surface area contributed by atoms with Crippen LogP contribution in [0.15, 0.2) is 54.9 Å². The predicted molar refractivity (Wildman–Crippen MR) is 112 cm³/mol. The molecular formula is C22H34N3O3+. The molecule has 1 heterocycles. The van der Waals surface area contributed by atoms with Gasteiger partial charge in [0.2, 0.25) is 0 Å². The summed E-state index contributed by atoms with van der Waals surface area (Å²) in [4.78, 5) is 21.7. The second kappa shape index (κ2) is 16.4. The highest BCUT2D eigenvalue weighted by atomic mass is 16.5. The molecule has 0 spiro atoms. The molecule has 0 atom stereocenters. The molecule has 1 amide bonds. The van der Waals surface area contributed by atoms with Crippen LogP contribution in [0.5, 0.6) is 0 Å². The second-order valence-electron chi connectivity index (χ2n) is 6.33. The lowest BCUT2D eigenvalue weighted by Gasteiger charge is -2.06. The van der Waals surface area contributed by atoms with E-state index >= 15 is 0 Å². The fourth-order valence-corrected chi connectivity index (χ4v) is 2.14. The van der Waals surface area contributed by atoms with E-state index in [0.29, 0.717) is 24.5 Å². The molecule has 2 aromatic rings. The van der Waals surface area contributed by atoms with Gasteiger partial charge in [0.15, 0.2) is 12.4 Å². The molecular weight excluding hydrogens is 354 g/mol. The molecule has 6 nitrogen and oxygen atoms in total. The first-order valence-electron chi connectivity index (χ1n) is 9.51. The lowest BCUT2D eigenvalue weighted by molar-refractivity contribution is -0.727. The Morgan fingerprint density at radius 1 is 1.14 bits per heavy atom. The lowest BCUT2D eigenvalue weighted by atomic mass is 10.1. The van der Waals surface area contributed by atoms with Crippen molar-refractivity contribution in [3.8, 4) is 0 Å². The summed E-state index contributed by atoms with van der Waals surface area (Å²) in [5.41, 5.74) is 6.54. The molecule has 154 valence electrons. The van der Waals surface area contributed by atoms with Crippen molar-refractivity contribution in [2.45, 2.75) is 40.3 Å². The highest BCUT2D eigenvalue weighted by Gasteiger charge is 2.08. The van der Waals surface area contributed by atoms with E-state index in [1.54, 1.807) is 29.1 Å². The Balaban J connectivity index is 0.000000556. The minimum Gasteiger partial charge on any atom is -0.407 e. The van der Waals surface area contributed by atoms with Crippen molar-refractivity contribution in [2.75, 3.05) is 13.6 Å². The van der Waals surface area contributed by atoms with Crippen molar-refractivity contribution in [3.63, 3.8) is 0 Å². The molecule has 6 heteroatoms. The molecule has 1 aromatic carbocycles. The van der Waals surface area contributed by atoms with Gasteiger partial charge >= 0.3 is 0 Å². The van der Waals surface area contributed by atoms with Crippen LogP contribution in [0.25, 0.3) is 0 Å². The summed E-state index contributed by atoms with van der Waals surface area (Å²) in [5.74, 6) is 0.329. The number of benzene rings is 1. The zero-order chi connectivity index (χ0) is 21.2. The van der Waals surface area contributed by atoms with Gasteiger partial charge in [-0.15, -0.1) is 0 Å². The van der Waals surface area contributed by atoms with Crippen molar-refractivity contribution >= 4 is 12.4 Å². The van der Waals surface area contributed by atoms with Crippen LogP contribution in [0.4, 0.5) is 0 Å². The number of nitrogens with zero attached hydrogens (tertiary/aromatic N) is 1. The first-order chi connectivity index (χ1) is 13.6. The van der Waals surface area contributed by atoms with E-state index in [1.807, 2.05) is 13.8 Å². The molecule has 0 aliphatic rings. The maximum atomic E-state index is 11.7. The van der Waals surface area contributed by atoms with Crippen LogP contribution in [-0.4, -0.2) is 26.0 Å². The van der Waals surface area contributed by atoms with Crippen molar-refractivity contribution in [1.82, 2.24) is 5.32 Å². The number of aryl methyl sites for hydroxylation is 1. The average Bonchev–Trinajstić information content (AvgIpc) is 2.74. The van der Waals surface area contributed by atoms with E-state index in [1.165, 1.54) is 25.5 Å². The Morgan fingerprint density at radius 2 is 1.75 bits per heavy atom. The zero-order valence-electron chi connectivity index (χ0n) is 17.4. The SMILES string of the molecule is CC(C)CNC(=O)c1cc[n+](COC=O)cc1.CCCc1ccccc1.CN. The summed E-state index contributed by atoms with van der Waals surface area (Å²) in [7, 11) is 1.50. The van der Waals surface area contributed by atoms with E-state index in [-0.39, 0.29) is 12.6 Å². The average molecular weight is 389 g/mol. The van der Waals surface area contributed by atoms with Gasteiger partial charge in [-0.2, -0.15) is 4.57 Å². The van der Waals surface area contributed by atoms with E-state index in [2.05, 4.69) is 53.0 Å². The molecule has 0 bridgehead atoms. The topological polar surface area (TPSA) is 85.3 Å². The summed E-state index contributed by atoms with van der Waals surface area (Å²) >= 11 is 0. The third kappa shape index (κ3) is 11.8. The third-order valence-corrected chi connectivity index (χ3v) is 3.50. The van der Waals surface area contributed by atoms with Crippen LogP contribution in [0.2, 0.25) is 0 Å². The number of pyridine rings is 1. The first-order valence-corrected chi connectivity index (χ1v) is 9.51. The quantitative estimate of drug-likeness (QED) is 0.538. The highest BCUT2D eigenvalue weighted by molar-refractivity contribution is 5.93. The molecule has 0 unspecified atom stereocenters. The fraction of sp³-hybridized carbons (Fsp3) is 0.409. The number of hydrogen-bond donors (Lipinski definition) is 2. The Bertz CT molecular complexity index is 644. The Kier molecular flexibility index (Phi) is 14.8. The zero-order valence-corrected chi connectivity index (χ0v) is 17.4. The molecule has 0 aliphatic heterocycles. The Hall–Kier alpha value is -2.73. The highest BCUT2D eigenvalue weighted by Crippen LogP contribution is 2.00. The van der Waals surface area contributed by atoms with Gasteiger partial charge in [0, 0.05) is 18.7 Å². The van der Waals surface area contributed by atoms with Gasteiger partial charge in [-0.05, 0) is 24.9 Å². The number of amides is 1. The summed E-state index contributed by atoms with van der Waals surface area (Å²) in [6, 6.07) is 13.9. The summed E-state index contributed by atoms with van der Waals surface area (Å²) in [6.45, 7) is 7.47. The first kappa shape index (κ1) is 25.3. The van der Waals surface area contributed by atoms with Crippen LogP contribution in [0.1, 0.15) is 43.1 Å². The normalized spacial score (nSPS) is 9.36. The minimum absolute atomic E-state index is 0.0952. The molecule has 0 radical (unpaired) electrons. The van der Waals surface area contributed by atoms with Crippen molar-refractivity contribution in [1.29, 1.82) is 0 Å². The van der Waals surface area contributed by atoms with Crippen LogP contribution in [0, 0.1) is 5.92 Å².